The summed E-state index contributed by atoms with van der Waals surface area (Å²) in [5.74, 6) is 2.10. The Hall–Kier alpha value is -3.27. The summed E-state index contributed by atoms with van der Waals surface area (Å²) in [5, 5.41) is 2.92. The maximum Gasteiger partial charge on any atom is 0.224 e. The molecule has 4 nitrogen and oxygen atoms in total. The highest BCUT2D eigenvalue weighted by atomic mass is 16.5. The first-order valence-electron chi connectivity index (χ1n) is 9.02. The number of carbonyl (C=O) groups excluding carboxylic acids is 1. The Morgan fingerprint density at radius 1 is 0.852 bits per heavy atom. The molecule has 1 amide bonds. The highest BCUT2D eigenvalue weighted by Gasteiger charge is 2.08. The Balaban J connectivity index is 1.48. The second kappa shape index (κ2) is 9.43. The monoisotopic (exact) mass is 361 g/mol. The minimum absolute atomic E-state index is 0.0633. The maximum absolute atomic E-state index is 12.3. The summed E-state index contributed by atoms with van der Waals surface area (Å²) >= 11 is 0. The molecule has 0 aromatic heterocycles. The van der Waals surface area contributed by atoms with Crippen molar-refractivity contribution >= 4 is 11.6 Å². The molecule has 4 heteroatoms. The molecule has 0 saturated heterocycles. The van der Waals surface area contributed by atoms with Crippen LogP contribution in [0, 0.1) is 6.92 Å². The first-order valence-corrected chi connectivity index (χ1v) is 9.02. The number of aryl methyl sites for hydroxylation is 1. The third-order valence-electron chi connectivity index (χ3n) is 3.97. The predicted octanol–water partition coefficient (Wildman–Crippen LogP) is 5.59. The lowest BCUT2D eigenvalue weighted by Crippen LogP contribution is -2.13. The molecule has 0 fully saturated rings. The summed E-state index contributed by atoms with van der Waals surface area (Å²) in [4.78, 5) is 12.3. The van der Waals surface area contributed by atoms with Crippen molar-refractivity contribution in [3.05, 3.63) is 84.4 Å². The Kier molecular flexibility index (Phi) is 6.47. The van der Waals surface area contributed by atoms with Crippen LogP contribution in [-0.2, 0) is 4.79 Å². The van der Waals surface area contributed by atoms with Gasteiger partial charge in [0.25, 0.3) is 0 Å². The molecule has 0 aliphatic carbocycles. The summed E-state index contributed by atoms with van der Waals surface area (Å²) < 4.78 is 11.5. The maximum atomic E-state index is 12.3. The van der Waals surface area contributed by atoms with Crippen LogP contribution >= 0.6 is 0 Å². The number of anilines is 1. The van der Waals surface area contributed by atoms with Crippen molar-refractivity contribution in [2.24, 2.45) is 0 Å². The molecule has 0 spiro atoms. The number of hydrogen-bond donors (Lipinski definition) is 1. The third-order valence-corrected chi connectivity index (χ3v) is 3.97. The van der Waals surface area contributed by atoms with Crippen molar-refractivity contribution in [2.45, 2.75) is 19.8 Å². The molecule has 3 aromatic rings. The van der Waals surface area contributed by atoms with Crippen LogP contribution in [0.1, 0.15) is 18.4 Å². The van der Waals surface area contributed by atoms with Gasteiger partial charge in [-0.1, -0.05) is 48.0 Å². The van der Waals surface area contributed by atoms with Crippen molar-refractivity contribution in [1.82, 2.24) is 0 Å². The zero-order chi connectivity index (χ0) is 18.9. The number of carbonyl (C=O) groups is 1. The molecule has 0 unspecified atom stereocenters. The van der Waals surface area contributed by atoms with Crippen LogP contribution in [0.2, 0.25) is 0 Å². The van der Waals surface area contributed by atoms with E-state index in [-0.39, 0.29) is 5.91 Å². The van der Waals surface area contributed by atoms with Crippen molar-refractivity contribution in [2.75, 3.05) is 11.9 Å². The SMILES string of the molecule is Cc1ccc(OCCCC(=O)Nc2ccccc2Oc2ccccc2)cc1. The van der Waals surface area contributed by atoms with Gasteiger partial charge in [0.1, 0.15) is 11.5 Å². The van der Waals surface area contributed by atoms with Crippen LogP contribution in [0.25, 0.3) is 0 Å². The van der Waals surface area contributed by atoms with E-state index in [0.29, 0.717) is 30.9 Å². The Bertz CT molecular complexity index is 860. The van der Waals surface area contributed by atoms with Gasteiger partial charge in [-0.2, -0.15) is 0 Å². The molecule has 0 aliphatic rings. The van der Waals surface area contributed by atoms with E-state index >= 15 is 0 Å². The van der Waals surface area contributed by atoms with Crippen LogP contribution in [0.4, 0.5) is 5.69 Å². The quantitative estimate of drug-likeness (QED) is 0.532. The van der Waals surface area contributed by atoms with Gasteiger partial charge in [0.05, 0.1) is 12.3 Å². The largest absolute Gasteiger partial charge is 0.494 e. The fourth-order valence-electron chi connectivity index (χ4n) is 2.54. The highest BCUT2D eigenvalue weighted by Crippen LogP contribution is 2.29. The standard InChI is InChI=1S/C23H23NO3/c1-18-13-15-19(16-14-18)26-17-7-12-23(25)24-21-10-5-6-11-22(21)27-20-8-3-2-4-9-20/h2-6,8-11,13-16H,7,12,17H2,1H3,(H,24,25). The van der Waals surface area contributed by atoms with E-state index < -0.39 is 0 Å². The lowest BCUT2D eigenvalue weighted by Gasteiger charge is -2.12. The number of para-hydroxylation sites is 3. The summed E-state index contributed by atoms with van der Waals surface area (Å²) in [6.45, 7) is 2.53. The zero-order valence-corrected chi connectivity index (χ0v) is 15.4. The molecule has 0 heterocycles. The van der Waals surface area contributed by atoms with Crippen LogP contribution in [-0.4, -0.2) is 12.5 Å². The Labute approximate surface area is 159 Å². The fraction of sp³-hybridized carbons (Fsp3) is 0.174. The molecule has 27 heavy (non-hydrogen) atoms. The molecule has 1 N–H and O–H groups in total. The Morgan fingerprint density at radius 2 is 1.56 bits per heavy atom. The van der Waals surface area contributed by atoms with Gasteiger partial charge in [-0.15, -0.1) is 0 Å². The van der Waals surface area contributed by atoms with Crippen LogP contribution in [0.5, 0.6) is 17.2 Å². The third kappa shape index (κ3) is 5.89. The molecule has 138 valence electrons. The van der Waals surface area contributed by atoms with E-state index in [9.17, 15) is 4.79 Å². The van der Waals surface area contributed by atoms with Gasteiger partial charge in [-0.25, -0.2) is 0 Å². The highest BCUT2D eigenvalue weighted by molar-refractivity contribution is 5.92. The summed E-state index contributed by atoms with van der Waals surface area (Å²) in [6, 6.07) is 24.8. The second-order valence-corrected chi connectivity index (χ2v) is 6.22. The van der Waals surface area contributed by atoms with Crippen molar-refractivity contribution in [3.63, 3.8) is 0 Å². The number of benzene rings is 3. The summed E-state index contributed by atoms with van der Waals surface area (Å²) in [5.41, 5.74) is 1.85. The van der Waals surface area contributed by atoms with E-state index in [2.05, 4.69) is 5.32 Å². The van der Waals surface area contributed by atoms with Crippen molar-refractivity contribution in [3.8, 4) is 17.2 Å². The number of nitrogens with one attached hydrogen (secondary N) is 1. The molecular weight excluding hydrogens is 338 g/mol. The number of amides is 1. The predicted molar refractivity (Wildman–Crippen MR) is 107 cm³/mol. The van der Waals surface area contributed by atoms with Gasteiger partial charge in [0.2, 0.25) is 5.91 Å². The second-order valence-electron chi connectivity index (χ2n) is 6.22. The Morgan fingerprint density at radius 3 is 2.33 bits per heavy atom. The topological polar surface area (TPSA) is 47.6 Å². The molecule has 3 rings (SSSR count). The minimum Gasteiger partial charge on any atom is -0.494 e. The molecule has 0 radical (unpaired) electrons. The van der Waals surface area contributed by atoms with Gasteiger partial charge in [-0.3, -0.25) is 4.79 Å². The van der Waals surface area contributed by atoms with E-state index in [1.807, 2.05) is 85.8 Å². The molecular formula is C23H23NO3. The van der Waals surface area contributed by atoms with Gasteiger partial charge < -0.3 is 14.8 Å². The van der Waals surface area contributed by atoms with Gasteiger partial charge in [-0.05, 0) is 49.7 Å². The lowest BCUT2D eigenvalue weighted by molar-refractivity contribution is -0.116. The van der Waals surface area contributed by atoms with Crippen LogP contribution in [0.3, 0.4) is 0 Å². The average Bonchev–Trinajstić information content (AvgIpc) is 2.69. The number of hydrogen-bond acceptors (Lipinski definition) is 3. The molecule has 0 atom stereocenters. The first-order chi connectivity index (χ1) is 13.2. The molecule has 0 bridgehead atoms. The molecule has 0 saturated carbocycles. The first kappa shape index (κ1) is 18.5. The van der Waals surface area contributed by atoms with Crippen LogP contribution in [0.15, 0.2) is 78.9 Å². The zero-order valence-electron chi connectivity index (χ0n) is 15.4. The number of rotatable bonds is 8. The van der Waals surface area contributed by atoms with Crippen molar-refractivity contribution in [1.29, 1.82) is 0 Å². The normalized spacial score (nSPS) is 10.3. The summed E-state index contributed by atoms with van der Waals surface area (Å²) in [6.07, 6.45) is 1.02. The number of ether oxygens (including phenoxy) is 2. The van der Waals surface area contributed by atoms with Crippen LogP contribution < -0.4 is 14.8 Å². The molecule has 0 aliphatic heterocycles. The van der Waals surface area contributed by atoms with Gasteiger partial charge in [0, 0.05) is 6.42 Å². The van der Waals surface area contributed by atoms with E-state index in [4.69, 9.17) is 9.47 Å². The fourth-order valence-corrected chi connectivity index (χ4v) is 2.54. The molecule has 3 aromatic carbocycles. The van der Waals surface area contributed by atoms with Gasteiger partial charge >= 0.3 is 0 Å². The average molecular weight is 361 g/mol. The summed E-state index contributed by atoms with van der Waals surface area (Å²) in [7, 11) is 0. The van der Waals surface area contributed by atoms with E-state index in [1.54, 1.807) is 0 Å². The van der Waals surface area contributed by atoms with E-state index in [0.717, 1.165) is 11.5 Å². The minimum atomic E-state index is -0.0633. The lowest BCUT2D eigenvalue weighted by atomic mass is 10.2. The van der Waals surface area contributed by atoms with Gasteiger partial charge in [0.15, 0.2) is 5.75 Å². The van der Waals surface area contributed by atoms with Crippen molar-refractivity contribution < 1.29 is 14.3 Å². The smallest absolute Gasteiger partial charge is 0.224 e. The van der Waals surface area contributed by atoms with E-state index in [1.165, 1.54) is 5.56 Å².